The molecular weight excluding hydrogens is 400 g/mol. The monoisotopic (exact) mass is 424 g/mol. The van der Waals surface area contributed by atoms with E-state index in [1.54, 1.807) is 13.1 Å². The van der Waals surface area contributed by atoms with Gasteiger partial charge >= 0.3 is 0 Å². The van der Waals surface area contributed by atoms with Gasteiger partial charge in [-0.2, -0.15) is 0 Å². The molecule has 2 saturated heterocycles. The summed E-state index contributed by atoms with van der Waals surface area (Å²) in [5.41, 5.74) is 5.08. The summed E-state index contributed by atoms with van der Waals surface area (Å²) in [5, 5.41) is 2.67. The first-order chi connectivity index (χ1) is 14.4. The molecule has 0 spiro atoms. The summed E-state index contributed by atoms with van der Waals surface area (Å²) in [7, 11) is 1.55. The van der Waals surface area contributed by atoms with Crippen LogP contribution in [0.5, 0.6) is 0 Å². The molecule has 2 amide bonds. The van der Waals surface area contributed by atoms with E-state index in [0.717, 1.165) is 48.9 Å². The van der Waals surface area contributed by atoms with Gasteiger partial charge in [-0.25, -0.2) is 0 Å². The van der Waals surface area contributed by atoms with E-state index in [4.69, 9.17) is 17.0 Å². The Hall–Kier alpha value is -2.97. The van der Waals surface area contributed by atoms with Crippen molar-refractivity contribution in [2.75, 3.05) is 38.3 Å². The second kappa shape index (κ2) is 8.04. The number of nitrogens with zero attached hydrogens (tertiary/aromatic N) is 3. The molecule has 0 radical (unpaired) electrons. The predicted molar refractivity (Wildman–Crippen MR) is 120 cm³/mol. The van der Waals surface area contributed by atoms with Crippen molar-refractivity contribution in [2.24, 2.45) is 0 Å². The largest absolute Gasteiger partial charge is 0.378 e. The molecule has 0 atom stereocenters. The lowest BCUT2D eigenvalue weighted by molar-refractivity contribution is -0.128. The fraction of sp³-hybridized carbons (Fsp3) is 0.318. The molecule has 1 N–H and O–H groups in total. The van der Waals surface area contributed by atoms with Crippen LogP contribution in [0.15, 0.2) is 35.9 Å². The molecule has 7 nitrogen and oxygen atoms in total. The number of thiocarbonyl (C=S) groups is 1. The van der Waals surface area contributed by atoms with Crippen LogP contribution in [0.25, 0.3) is 11.8 Å². The number of hydrogen-bond acceptors (Lipinski definition) is 5. The molecule has 2 aliphatic heterocycles. The van der Waals surface area contributed by atoms with Crippen LogP contribution in [0, 0.1) is 13.8 Å². The number of aromatic nitrogens is 1. The van der Waals surface area contributed by atoms with Gasteiger partial charge in [-0.3, -0.25) is 19.8 Å². The third-order valence-electron chi connectivity index (χ3n) is 5.56. The van der Waals surface area contributed by atoms with Crippen molar-refractivity contribution >= 4 is 40.9 Å². The van der Waals surface area contributed by atoms with Gasteiger partial charge in [0.05, 0.1) is 13.2 Å². The Kier molecular flexibility index (Phi) is 5.44. The van der Waals surface area contributed by atoms with E-state index < -0.39 is 11.8 Å². The number of benzene rings is 1. The molecule has 1 aromatic heterocycles. The minimum Gasteiger partial charge on any atom is -0.378 e. The predicted octanol–water partition coefficient (Wildman–Crippen LogP) is 2.19. The van der Waals surface area contributed by atoms with Gasteiger partial charge in [-0.1, -0.05) is 0 Å². The molecule has 0 bridgehead atoms. The van der Waals surface area contributed by atoms with Gasteiger partial charge in [0, 0.05) is 42.9 Å². The maximum Gasteiger partial charge on any atom is 0.265 e. The van der Waals surface area contributed by atoms with Crippen LogP contribution in [-0.4, -0.2) is 59.7 Å². The highest BCUT2D eigenvalue weighted by Crippen LogP contribution is 2.26. The summed E-state index contributed by atoms with van der Waals surface area (Å²) >= 11 is 5.00. The van der Waals surface area contributed by atoms with Crippen LogP contribution in [0.1, 0.15) is 17.0 Å². The maximum absolute atomic E-state index is 12.5. The highest BCUT2D eigenvalue weighted by molar-refractivity contribution is 7.80. The molecular formula is C22H24N4O3S. The van der Waals surface area contributed by atoms with E-state index >= 15 is 0 Å². The molecule has 2 aliphatic rings. The maximum atomic E-state index is 12.5. The van der Waals surface area contributed by atoms with Crippen LogP contribution < -0.4 is 10.2 Å². The van der Waals surface area contributed by atoms with Crippen molar-refractivity contribution < 1.29 is 14.3 Å². The first-order valence-electron chi connectivity index (χ1n) is 9.84. The third-order valence-corrected chi connectivity index (χ3v) is 5.93. The molecule has 156 valence electrons. The zero-order chi connectivity index (χ0) is 21.4. The van der Waals surface area contributed by atoms with Crippen LogP contribution in [0.4, 0.5) is 5.69 Å². The summed E-state index contributed by atoms with van der Waals surface area (Å²) in [6, 6.07) is 10.4. The number of aryl methyl sites for hydroxylation is 1. The summed E-state index contributed by atoms with van der Waals surface area (Å²) in [4.78, 5) is 28.4. The van der Waals surface area contributed by atoms with Gasteiger partial charge in [0.15, 0.2) is 5.11 Å². The molecule has 4 rings (SSSR count). The number of morpholine rings is 1. The summed E-state index contributed by atoms with van der Waals surface area (Å²) in [5.74, 6) is -0.869. The lowest BCUT2D eigenvalue weighted by Gasteiger charge is -2.29. The van der Waals surface area contributed by atoms with Crippen molar-refractivity contribution in [1.82, 2.24) is 14.8 Å². The first-order valence-corrected chi connectivity index (χ1v) is 10.2. The number of nitrogens with one attached hydrogen (secondary N) is 1. The standard InChI is InChI=1S/C22H24N4O3S/c1-14-12-16(13-19-20(27)23-22(30)24(3)21(19)28)15(2)26(14)18-6-4-17(5-7-18)25-8-10-29-11-9-25/h4-7,12-13H,8-11H2,1-3H3,(H,23,27,30)/b19-13+. The van der Waals surface area contributed by atoms with E-state index in [9.17, 15) is 9.59 Å². The van der Waals surface area contributed by atoms with E-state index in [0.29, 0.717) is 0 Å². The minimum absolute atomic E-state index is 0.0778. The van der Waals surface area contributed by atoms with Gasteiger partial charge in [0.1, 0.15) is 5.57 Å². The molecule has 0 saturated carbocycles. The lowest BCUT2D eigenvalue weighted by atomic mass is 10.1. The van der Waals surface area contributed by atoms with Gasteiger partial charge in [0.25, 0.3) is 11.8 Å². The van der Waals surface area contributed by atoms with Gasteiger partial charge < -0.3 is 14.2 Å². The quantitative estimate of drug-likeness (QED) is 0.465. The molecule has 0 aliphatic carbocycles. The van der Waals surface area contributed by atoms with Crippen LogP contribution in [0.3, 0.4) is 0 Å². The Morgan fingerprint density at radius 3 is 2.37 bits per heavy atom. The summed E-state index contributed by atoms with van der Waals surface area (Å²) in [6.45, 7) is 7.28. The van der Waals surface area contributed by atoms with Crippen LogP contribution >= 0.6 is 12.2 Å². The van der Waals surface area contributed by atoms with Crippen molar-refractivity contribution in [1.29, 1.82) is 0 Å². The Bertz CT molecular complexity index is 1050. The molecule has 8 heteroatoms. The molecule has 2 aromatic rings. The smallest absolute Gasteiger partial charge is 0.265 e. The van der Waals surface area contributed by atoms with E-state index in [1.165, 1.54) is 10.6 Å². The number of likely N-dealkylation sites (N-methyl/N-ethyl adjacent to an activating group) is 1. The lowest BCUT2D eigenvalue weighted by Crippen LogP contribution is -2.52. The molecule has 0 unspecified atom stereocenters. The normalized spacial score (nSPS) is 18.9. The number of ether oxygens (including phenoxy) is 1. The second-order valence-electron chi connectivity index (χ2n) is 7.46. The number of anilines is 1. The fourth-order valence-corrected chi connectivity index (χ4v) is 4.04. The fourth-order valence-electron chi connectivity index (χ4n) is 3.87. The van der Waals surface area contributed by atoms with Crippen molar-refractivity contribution in [2.45, 2.75) is 13.8 Å². The average molecular weight is 425 g/mol. The Balaban J connectivity index is 1.65. The topological polar surface area (TPSA) is 66.8 Å². The van der Waals surface area contributed by atoms with E-state index in [2.05, 4.69) is 39.0 Å². The van der Waals surface area contributed by atoms with E-state index in [1.807, 2.05) is 19.9 Å². The molecule has 3 heterocycles. The second-order valence-corrected chi connectivity index (χ2v) is 7.85. The summed E-state index contributed by atoms with van der Waals surface area (Å²) in [6.07, 6.45) is 1.64. The highest BCUT2D eigenvalue weighted by Gasteiger charge is 2.31. The van der Waals surface area contributed by atoms with Crippen molar-refractivity contribution in [3.05, 3.63) is 52.9 Å². The molecule has 30 heavy (non-hydrogen) atoms. The summed E-state index contributed by atoms with van der Waals surface area (Å²) < 4.78 is 7.54. The SMILES string of the molecule is Cc1cc(/C=C2\C(=O)NC(=S)N(C)C2=O)c(C)n1-c1ccc(N2CCOCC2)cc1. The van der Waals surface area contributed by atoms with Crippen LogP contribution in [0.2, 0.25) is 0 Å². The third kappa shape index (κ3) is 3.64. The Morgan fingerprint density at radius 2 is 1.70 bits per heavy atom. The highest BCUT2D eigenvalue weighted by atomic mass is 32.1. The van der Waals surface area contributed by atoms with Crippen molar-refractivity contribution in [3.8, 4) is 5.69 Å². The Morgan fingerprint density at radius 1 is 1.07 bits per heavy atom. The molecule has 2 fully saturated rings. The minimum atomic E-state index is -0.470. The first kappa shape index (κ1) is 20.3. The number of carbonyl (C=O) groups excluding carboxylic acids is 2. The van der Waals surface area contributed by atoms with Crippen LogP contribution in [-0.2, 0) is 14.3 Å². The van der Waals surface area contributed by atoms with Gasteiger partial charge in [-0.05, 0) is 68.0 Å². The zero-order valence-corrected chi connectivity index (χ0v) is 18.1. The van der Waals surface area contributed by atoms with Gasteiger partial charge in [-0.15, -0.1) is 0 Å². The number of amides is 2. The van der Waals surface area contributed by atoms with Gasteiger partial charge in [0.2, 0.25) is 0 Å². The number of rotatable bonds is 3. The van der Waals surface area contributed by atoms with Crippen molar-refractivity contribution in [3.63, 3.8) is 0 Å². The Labute approximate surface area is 180 Å². The average Bonchev–Trinajstić information content (AvgIpc) is 3.03. The molecule has 1 aromatic carbocycles. The number of hydrogen-bond donors (Lipinski definition) is 1. The number of carbonyl (C=O) groups is 2. The van der Waals surface area contributed by atoms with E-state index in [-0.39, 0.29) is 10.7 Å². The zero-order valence-electron chi connectivity index (χ0n) is 17.3.